The maximum absolute atomic E-state index is 12.2. The molecule has 0 fully saturated rings. The monoisotopic (exact) mass is 304 g/mol. The van der Waals surface area contributed by atoms with Crippen molar-refractivity contribution in [2.24, 2.45) is 0 Å². The minimum Gasteiger partial charge on any atom is -0.382 e. The largest absolute Gasteiger partial charge is 0.382 e. The smallest absolute Gasteiger partial charge is 0.269 e. The fraction of sp³-hybridized carbons (Fsp3) is 0.385. The number of hydrogen-bond acceptors (Lipinski definition) is 6. The predicted molar refractivity (Wildman–Crippen MR) is 81.5 cm³/mol. The van der Waals surface area contributed by atoms with Crippen LogP contribution in [0, 0.1) is 11.3 Å². The molecule has 7 nitrogen and oxygen atoms in total. The molecule has 2 heterocycles. The van der Waals surface area contributed by atoms with E-state index >= 15 is 0 Å². The summed E-state index contributed by atoms with van der Waals surface area (Å²) >= 11 is 1.32. The Bertz CT molecular complexity index is 777. The van der Waals surface area contributed by atoms with Crippen molar-refractivity contribution < 1.29 is 0 Å². The maximum Gasteiger partial charge on any atom is 0.269 e. The number of rotatable bonds is 2. The van der Waals surface area contributed by atoms with E-state index in [1.165, 1.54) is 33.4 Å². The van der Waals surface area contributed by atoms with E-state index in [-0.39, 0.29) is 11.4 Å². The van der Waals surface area contributed by atoms with Gasteiger partial charge in [0.2, 0.25) is 0 Å². The van der Waals surface area contributed by atoms with E-state index in [2.05, 4.69) is 10.2 Å². The van der Waals surface area contributed by atoms with Crippen molar-refractivity contribution in [2.75, 3.05) is 12.0 Å². The Hall–Kier alpha value is -2.27. The highest BCUT2D eigenvalue weighted by Gasteiger charge is 2.19. The lowest BCUT2D eigenvalue weighted by Crippen LogP contribution is -2.35. The summed E-state index contributed by atoms with van der Waals surface area (Å²) in [6, 6.07) is 3.43. The average Bonchev–Trinajstić information content (AvgIpc) is 2.73. The highest BCUT2D eigenvalue weighted by atomic mass is 32.2. The standard InChI is InChI=1S/C13H16N6OS/c1-13(2,3)19-10(20)5-8(7-16-19)18-11(15)9(6-14)12(17-18)21-4/h5,7H,15H2,1-4H3. The Labute approximate surface area is 126 Å². The van der Waals surface area contributed by atoms with Crippen LogP contribution in [0.15, 0.2) is 22.1 Å². The molecule has 2 rings (SSSR count). The summed E-state index contributed by atoms with van der Waals surface area (Å²) < 4.78 is 2.75. The number of nitrogen functional groups attached to an aromatic ring is 1. The number of nitrogens with two attached hydrogens (primary N) is 1. The Morgan fingerprint density at radius 2 is 2.10 bits per heavy atom. The number of nitrogens with zero attached hydrogens (tertiary/aromatic N) is 5. The van der Waals surface area contributed by atoms with Gasteiger partial charge in [-0.2, -0.15) is 15.5 Å². The minimum absolute atomic E-state index is 0.205. The van der Waals surface area contributed by atoms with Gasteiger partial charge in [0, 0.05) is 6.07 Å². The lowest BCUT2D eigenvalue weighted by atomic mass is 10.1. The molecule has 0 unspecified atom stereocenters. The molecule has 0 aliphatic rings. The molecule has 2 N–H and O–H groups in total. The van der Waals surface area contributed by atoms with Crippen LogP contribution in [0.4, 0.5) is 5.82 Å². The van der Waals surface area contributed by atoms with Gasteiger partial charge < -0.3 is 5.73 Å². The van der Waals surface area contributed by atoms with Gasteiger partial charge in [0.15, 0.2) is 0 Å². The second-order valence-electron chi connectivity index (χ2n) is 5.43. The number of anilines is 1. The first-order valence-corrected chi connectivity index (χ1v) is 7.45. The van der Waals surface area contributed by atoms with Crippen molar-refractivity contribution in [3.05, 3.63) is 28.2 Å². The van der Waals surface area contributed by atoms with E-state index in [0.717, 1.165) is 0 Å². The number of nitriles is 1. The van der Waals surface area contributed by atoms with E-state index in [1.807, 2.05) is 33.1 Å². The lowest BCUT2D eigenvalue weighted by Gasteiger charge is -2.20. The molecular weight excluding hydrogens is 288 g/mol. The van der Waals surface area contributed by atoms with Gasteiger partial charge in [0.05, 0.1) is 17.4 Å². The molecule has 0 aliphatic carbocycles. The van der Waals surface area contributed by atoms with Crippen molar-refractivity contribution >= 4 is 17.6 Å². The van der Waals surface area contributed by atoms with Crippen LogP contribution in [0.2, 0.25) is 0 Å². The fourth-order valence-corrected chi connectivity index (χ4v) is 2.39. The van der Waals surface area contributed by atoms with Gasteiger partial charge in [0.25, 0.3) is 5.56 Å². The van der Waals surface area contributed by atoms with Gasteiger partial charge in [-0.05, 0) is 27.0 Å². The third kappa shape index (κ3) is 2.64. The van der Waals surface area contributed by atoms with Gasteiger partial charge >= 0.3 is 0 Å². The van der Waals surface area contributed by atoms with Crippen molar-refractivity contribution in [3.63, 3.8) is 0 Å². The summed E-state index contributed by atoms with van der Waals surface area (Å²) in [5.41, 5.74) is 6.01. The summed E-state index contributed by atoms with van der Waals surface area (Å²) in [6.07, 6.45) is 3.32. The van der Waals surface area contributed by atoms with Crippen LogP contribution in [-0.4, -0.2) is 25.8 Å². The molecule has 21 heavy (non-hydrogen) atoms. The molecule has 0 amide bonds. The molecule has 110 valence electrons. The highest BCUT2D eigenvalue weighted by Crippen LogP contribution is 2.25. The van der Waals surface area contributed by atoms with Crippen molar-refractivity contribution in [2.45, 2.75) is 31.3 Å². The molecule has 0 radical (unpaired) electrons. The topological polar surface area (TPSA) is 103 Å². The molecule has 0 aromatic carbocycles. The van der Waals surface area contributed by atoms with Gasteiger partial charge in [-0.15, -0.1) is 11.8 Å². The van der Waals surface area contributed by atoms with Crippen molar-refractivity contribution in [1.29, 1.82) is 5.26 Å². The van der Waals surface area contributed by atoms with Crippen LogP contribution in [-0.2, 0) is 5.54 Å². The molecule has 0 bridgehead atoms. The van der Waals surface area contributed by atoms with Crippen LogP contribution in [0.1, 0.15) is 26.3 Å². The third-order valence-electron chi connectivity index (χ3n) is 2.86. The molecular formula is C13H16N6OS. The zero-order valence-corrected chi connectivity index (χ0v) is 13.1. The van der Waals surface area contributed by atoms with Crippen LogP contribution in [0.5, 0.6) is 0 Å². The molecule has 2 aromatic heterocycles. The van der Waals surface area contributed by atoms with Gasteiger partial charge in [-0.1, -0.05) is 0 Å². The second-order valence-corrected chi connectivity index (χ2v) is 6.22. The first-order valence-electron chi connectivity index (χ1n) is 6.22. The first kappa shape index (κ1) is 15.1. The number of aromatic nitrogens is 4. The van der Waals surface area contributed by atoms with E-state index in [0.29, 0.717) is 16.3 Å². The fourth-order valence-electron chi connectivity index (χ4n) is 1.87. The van der Waals surface area contributed by atoms with Crippen LogP contribution < -0.4 is 11.3 Å². The van der Waals surface area contributed by atoms with Crippen LogP contribution >= 0.6 is 11.8 Å². The van der Waals surface area contributed by atoms with Crippen LogP contribution in [0.3, 0.4) is 0 Å². The lowest BCUT2D eigenvalue weighted by molar-refractivity contribution is 0.337. The summed E-state index contributed by atoms with van der Waals surface area (Å²) in [4.78, 5) is 12.2. The van der Waals surface area contributed by atoms with E-state index in [1.54, 1.807) is 0 Å². The molecule has 0 spiro atoms. The summed E-state index contributed by atoms with van der Waals surface area (Å²) in [7, 11) is 0. The Kier molecular flexibility index (Phi) is 3.78. The SMILES string of the molecule is CSc1nn(-c2cnn(C(C)(C)C)c(=O)c2)c(N)c1C#N. The maximum atomic E-state index is 12.2. The summed E-state index contributed by atoms with van der Waals surface area (Å²) in [5.74, 6) is 0.205. The Balaban J connectivity index is 2.60. The quantitative estimate of drug-likeness (QED) is 0.840. The highest BCUT2D eigenvalue weighted by molar-refractivity contribution is 7.98. The molecule has 2 aromatic rings. The third-order valence-corrected chi connectivity index (χ3v) is 3.53. The average molecular weight is 304 g/mol. The minimum atomic E-state index is -0.409. The molecule has 8 heteroatoms. The second kappa shape index (κ2) is 5.26. The van der Waals surface area contributed by atoms with E-state index in [4.69, 9.17) is 11.0 Å². The van der Waals surface area contributed by atoms with Gasteiger partial charge in [-0.25, -0.2) is 9.36 Å². The van der Waals surface area contributed by atoms with Crippen LogP contribution in [0.25, 0.3) is 5.69 Å². The first-order chi connectivity index (χ1) is 9.79. The Morgan fingerprint density at radius 1 is 1.43 bits per heavy atom. The Morgan fingerprint density at radius 3 is 2.52 bits per heavy atom. The van der Waals surface area contributed by atoms with E-state index < -0.39 is 5.54 Å². The van der Waals surface area contributed by atoms with Crippen molar-refractivity contribution in [1.82, 2.24) is 19.6 Å². The summed E-state index contributed by atoms with van der Waals surface area (Å²) in [6.45, 7) is 5.68. The molecule has 0 atom stereocenters. The predicted octanol–water partition coefficient (Wildman–Crippen LogP) is 1.36. The number of thioether (sulfide) groups is 1. The van der Waals surface area contributed by atoms with E-state index in [9.17, 15) is 4.79 Å². The molecule has 0 aliphatic heterocycles. The normalized spacial score (nSPS) is 11.4. The zero-order chi connectivity index (χ0) is 15.8. The number of hydrogen-bond donors (Lipinski definition) is 1. The summed E-state index contributed by atoms with van der Waals surface area (Å²) in [5, 5.41) is 18.0. The van der Waals surface area contributed by atoms with Gasteiger partial charge in [0.1, 0.15) is 22.5 Å². The molecule has 0 saturated carbocycles. The molecule has 0 saturated heterocycles. The van der Waals surface area contributed by atoms with Gasteiger partial charge in [-0.3, -0.25) is 4.79 Å². The van der Waals surface area contributed by atoms with Crippen molar-refractivity contribution in [3.8, 4) is 11.8 Å². The zero-order valence-electron chi connectivity index (χ0n) is 12.3.